The molecule has 56 valence electrons. The van der Waals surface area contributed by atoms with E-state index in [0.29, 0.717) is 5.92 Å². The third kappa shape index (κ3) is 1.17. The summed E-state index contributed by atoms with van der Waals surface area (Å²) in [6.45, 7) is 3.85. The number of hydrogen-bond acceptors (Lipinski definition) is 1. The Morgan fingerprint density at radius 2 is 2.30 bits per heavy atom. The maximum atomic E-state index is 9.79. The van der Waals surface area contributed by atoms with Gasteiger partial charge in [0.2, 0.25) is 0 Å². The molecular formula is C9H14O. The predicted octanol–water partition coefficient (Wildman–Crippen LogP) is 1.56. The maximum absolute atomic E-state index is 9.79. The normalized spacial score (nSPS) is 38.9. The largest absolute Gasteiger partial charge is 0.377 e. The Hall–Kier alpha value is -0.480. The van der Waals surface area contributed by atoms with Gasteiger partial charge in [-0.1, -0.05) is 12.8 Å². The minimum atomic E-state index is -0.658. The lowest BCUT2D eigenvalue weighted by Crippen LogP contribution is -2.28. The van der Waals surface area contributed by atoms with Crippen molar-refractivity contribution in [2.75, 3.05) is 0 Å². The number of rotatable bonds is 0. The van der Waals surface area contributed by atoms with Gasteiger partial charge >= 0.3 is 0 Å². The molecule has 0 amide bonds. The molecule has 1 saturated carbocycles. The van der Waals surface area contributed by atoms with Crippen molar-refractivity contribution in [2.45, 2.75) is 38.7 Å². The first-order chi connectivity index (χ1) is 4.69. The van der Waals surface area contributed by atoms with E-state index >= 15 is 0 Å². The summed E-state index contributed by atoms with van der Waals surface area (Å²) in [4.78, 5) is 0. The molecule has 0 aromatic rings. The zero-order chi connectivity index (χ0) is 7.61. The van der Waals surface area contributed by atoms with Crippen molar-refractivity contribution >= 4 is 0 Å². The first-order valence-electron chi connectivity index (χ1n) is 3.85. The highest BCUT2D eigenvalue weighted by Gasteiger charge is 2.36. The van der Waals surface area contributed by atoms with E-state index in [9.17, 15) is 5.11 Å². The SMILES string of the molecule is CC#CC1(O)CCCC1C. The smallest absolute Gasteiger partial charge is 0.128 e. The molecule has 0 aromatic carbocycles. The van der Waals surface area contributed by atoms with Crippen LogP contribution in [0.15, 0.2) is 0 Å². The van der Waals surface area contributed by atoms with Gasteiger partial charge in [-0.15, -0.1) is 5.92 Å². The average Bonchev–Trinajstić information content (AvgIpc) is 2.15. The van der Waals surface area contributed by atoms with Gasteiger partial charge in [-0.2, -0.15) is 0 Å². The van der Waals surface area contributed by atoms with Gasteiger partial charge in [-0.05, 0) is 32.1 Å². The van der Waals surface area contributed by atoms with Gasteiger partial charge in [0.15, 0.2) is 0 Å². The van der Waals surface area contributed by atoms with Gasteiger partial charge < -0.3 is 5.11 Å². The molecule has 0 aliphatic heterocycles. The van der Waals surface area contributed by atoms with E-state index in [4.69, 9.17) is 0 Å². The summed E-state index contributed by atoms with van der Waals surface area (Å²) in [6.07, 6.45) is 3.09. The molecule has 0 saturated heterocycles. The molecule has 2 atom stereocenters. The van der Waals surface area contributed by atoms with Crippen LogP contribution in [0.1, 0.15) is 33.1 Å². The molecule has 1 nitrogen and oxygen atoms in total. The lowest BCUT2D eigenvalue weighted by atomic mass is 9.93. The van der Waals surface area contributed by atoms with Gasteiger partial charge in [0, 0.05) is 0 Å². The van der Waals surface area contributed by atoms with E-state index in [0.717, 1.165) is 19.3 Å². The van der Waals surface area contributed by atoms with Gasteiger partial charge in [0.25, 0.3) is 0 Å². The minimum absolute atomic E-state index is 0.361. The van der Waals surface area contributed by atoms with Gasteiger partial charge in [0.1, 0.15) is 5.60 Å². The molecule has 1 N–H and O–H groups in total. The molecule has 0 radical (unpaired) electrons. The number of aliphatic hydroxyl groups is 1. The Morgan fingerprint density at radius 1 is 1.60 bits per heavy atom. The molecule has 10 heavy (non-hydrogen) atoms. The number of hydrogen-bond donors (Lipinski definition) is 1. The quantitative estimate of drug-likeness (QED) is 0.504. The van der Waals surface area contributed by atoms with E-state index < -0.39 is 5.60 Å². The van der Waals surface area contributed by atoms with Crippen molar-refractivity contribution in [1.82, 2.24) is 0 Å². The van der Waals surface area contributed by atoms with Crippen LogP contribution in [0.5, 0.6) is 0 Å². The summed E-state index contributed by atoms with van der Waals surface area (Å²) in [6, 6.07) is 0. The Kier molecular flexibility index (Phi) is 2.01. The summed E-state index contributed by atoms with van der Waals surface area (Å²) in [5.41, 5.74) is -0.658. The van der Waals surface area contributed by atoms with Crippen LogP contribution < -0.4 is 0 Å². The zero-order valence-electron chi connectivity index (χ0n) is 6.65. The van der Waals surface area contributed by atoms with Crippen LogP contribution in [-0.4, -0.2) is 10.7 Å². The topological polar surface area (TPSA) is 20.2 Å². The summed E-state index contributed by atoms with van der Waals surface area (Å²) in [5, 5.41) is 9.79. The van der Waals surface area contributed by atoms with E-state index in [1.807, 2.05) is 0 Å². The standard InChI is InChI=1S/C9H14O/c1-3-6-9(10)7-4-5-8(9)2/h8,10H,4-5,7H2,1-2H3. The fourth-order valence-electron chi connectivity index (χ4n) is 1.57. The first kappa shape index (κ1) is 7.63. The van der Waals surface area contributed by atoms with Gasteiger partial charge in [0.05, 0.1) is 0 Å². The third-order valence-corrected chi connectivity index (χ3v) is 2.35. The van der Waals surface area contributed by atoms with Crippen molar-refractivity contribution in [2.24, 2.45) is 5.92 Å². The minimum Gasteiger partial charge on any atom is -0.377 e. The fraction of sp³-hybridized carbons (Fsp3) is 0.778. The van der Waals surface area contributed by atoms with E-state index in [1.165, 1.54) is 0 Å². The van der Waals surface area contributed by atoms with Crippen LogP contribution >= 0.6 is 0 Å². The summed E-state index contributed by atoms with van der Waals surface area (Å²) in [5.74, 6) is 6.02. The highest BCUT2D eigenvalue weighted by atomic mass is 16.3. The highest BCUT2D eigenvalue weighted by Crippen LogP contribution is 2.34. The fourth-order valence-corrected chi connectivity index (χ4v) is 1.57. The first-order valence-corrected chi connectivity index (χ1v) is 3.85. The highest BCUT2D eigenvalue weighted by molar-refractivity contribution is 5.16. The predicted molar refractivity (Wildman–Crippen MR) is 41.4 cm³/mol. The molecule has 0 bridgehead atoms. The van der Waals surface area contributed by atoms with Crippen molar-refractivity contribution in [1.29, 1.82) is 0 Å². The average molecular weight is 138 g/mol. The van der Waals surface area contributed by atoms with Crippen molar-refractivity contribution in [3.63, 3.8) is 0 Å². The second-order valence-electron chi connectivity index (χ2n) is 3.09. The monoisotopic (exact) mass is 138 g/mol. The van der Waals surface area contributed by atoms with Crippen LogP contribution in [-0.2, 0) is 0 Å². The van der Waals surface area contributed by atoms with Crippen molar-refractivity contribution < 1.29 is 5.11 Å². The molecular weight excluding hydrogens is 124 g/mol. The lowest BCUT2D eigenvalue weighted by Gasteiger charge is -2.20. The summed E-state index contributed by atoms with van der Waals surface area (Å²) in [7, 11) is 0. The molecule has 1 fully saturated rings. The third-order valence-electron chi connectivity index (χ3n) is 2.35. The zero-order valence-corrected chi connectivity index (χ0v) is 6.65. The van der Waals surface area contributed by atoms with Crippen LogP contribution in [0.25, 0.3) is 0 Å². The molecule has 0 spiro atoms. The second-order valence-corrected chi connectivity index (χ2v) is 3.09. The molecule has 1 heteroatoms. The summed E-state index contributed by atoms with van der Waals surface area (Å²) < 4.78 is 0. The molecule has 0 aromatic heterocycles. The van der Waals surface area contributed by atoms with E-state index in [2.05, 4.69) is 18.8 Å². The Balaban J connectivity index is 2.72. The summed E-state index contributed by atoms with van der Waals surface area (Å²) >= 11 is 0. The Bertz CT molecular complexity index is 175. The molecule has 1 aliphatic rings. The van der Waals surface area contributed by atoms with Crippen LogP contribution in [0, 0.1) is 17.8 Å². The second kappa shape index (κ2) is 2.64. The van der Waals surface area contributed by atoms with Crippen LogP contribution in [0.2, 0.25) is 0 Å². The van der Waals surface area contributed by atoms with Crippen LogP contribution in [0.4, 0.5) is 0 Å². The molecule has 0 heterocycles. The van der Waals surface area contributed by atoms with Crippen LogP contribution in [0.3, 0.4) is 0 Å². The molecule has 1 aliphatic carbocycles. The Labute approximate surface area is 62.4 Å². The molecule has 2 unspecified atom stereocenters. The van der Waals surface area contributed by atoms with E-state index in [1.54, 1.807) is 6.92 Å². The van der Waals surface area contributed by atoms with Gasteiger partial charge in [-0.25, -0.2) is 0 Å². The van der Waals surface area contributed by atoms with Crippen molar-refractivity contribution in [3.05, 3.63) is 0 Å². The molecule has 1 rings (SSSR count). The van der Waals surface area contributed by atoms with E-state index in [-0.39, 0.29) is 0 Å². The lowest BCUT2D eigenvalue weighted by molar-refractivity contribution is 0.0687. The van der Waals surface area contributed by atoms with Gasteiger partial charge in [-0.3, -0.25) is 0 Å². The Morgan fingerprint density at radius 3 is 2.70 bits per heavy atom. The van der Waals surface area contributed by atoms with Crippen molar-refractivity contribution in [3.8, 4) is 11.8 Å². The maximum Gasteiger partial charge on any atom is 0.128 e.